The van der Waals surface area contributed by atoms with E-state index in [4.69, 9.17) is 9.47 Å². The zero-order chi connectivity index (χ0) is 45.1. The lowest BCUT2D eigenvalue weighted by Crippen LogP contribution is -2.27. The molecule has 12 aromatic rings. The fraction of sp³-hybridized carbons (Fsp3) is 0.123. The lowest BCUT2D eigenvalue weighted by atomic mass is 9.96. The molecule has 1 unspecified atom stereocenters. The number of nitrogens with zero attached hydrogens (tertiary/aromatic N) is 2. The summed E-state index contributed by atoms with van der Waals surface area (Å²) in [6.07, 6.45) is -1.05. The van der Waals surface area contributed by atoms with Crippen molar-refractivity contribution < 1.29 is 24.2 Å². The Bertz CT molecular complexity index is 4010. The molecule has 1 atom stereocenters. The molecule has 14 rings (SSSR count). The second-order valence-electron chi connectivity index (χ2n) is 17.5. The van der Waals surface area contributed by atoms with E-state index in [2.05, 4.69) is 50.3 Å². The van der Waals surface area contributed by atoms with Crippen molar-refractivity contribution >= 4 is 99.0 Å². The van der Waals surface area contributed by atoms with E-state index < -0.39 is 6.23 Å². The van der Waals surface area contributed by atoms with Gasteiger partial charge in [0.05, 0.1) is 47.4 Å². The first-order valence-electron chi connectivity index (χ1n) is 22.3. The Labute approximate surface area is 389 Å². The minimum atomic E-state index is -1.05. The van der Waals surface area contributed by atoms with Gasteiger partial charge in [0, 0.05) is 90.4 Å². The molecule has 8 aromatic carbocycles. The maximum absolute atomic E-state index is 13.9. The third-order valence-electron chi connectivity index (χ3n) is 13.9. The van der Waals surface area contributed by atoms with Gasteiger partial charge in [0.25, 0.3) is 11.8 Å². The summed E-state index contributed by atoms with van der Waals surface area (Å²) in [6, 6.07) is 48.1. The number of amides is 2. The minimum absolute atomic E-state index is 0. The summed E-state index contributed by atoms with van der Waals surface area (Å²) in [6.45, 7) is 1.45. The second-order valence-corrected chi connectivity index (χ2v) is 17.5. The third kappa shape index (κ3) is 5.95. The molecular weight excluding hydrogens is 849 g/mol. The molecule has 2 amide bonds. The molecule has 2 aliphatic rings. The molecule has 0 spiro atoms. The highest BCUT2D eigenvalue weighted by molar-refractivity contribution is 6.31. The van der Waals surface area contributed by atoms with Crippen molar-refractivity contribution in [3.63, 3.8) is 0 Å². The van der Waals surface area contributed by atoms with Crippen molar-refractivity contribution in [1.29, 1.82) is 0 Å². The van der Waals surface area contributed by atoms with Crippen LogP contribution in [-0.2, 0) is 19.6 Å². The van der Waals surface area contributed by atoms with Crippen molar-refractivity contribution in [3.8, 4) is 11.5 Å². The number of benzene rings is 8. The molecule has 2 aliphatic heterocycles. The number of aromatic amines is 4. The van der Waals surface area contributed by atoms with Crippen LogP contribution in [0.15, 0.2) is 146 Å². The van der Waals surface area contributed by atoms with E-state index in [-0.39, 0.29) is 19.2 Å². The van der Waals surface area contributed by atoms with E-state index in [0.717, 1.165) is 121 Å². The minimum Gasteiger partial charge on any atom is -0.497 e. The average molecular weight is 895 g/mol. The fourth-order valence-electron chi connectivity index (χ4n) is 10.8. The summed E-state index contributed by atoms with van der Waals surface area (Å²) in [5, 5.41) is 19.7. The SMILES string of the molecule is C.COc1ccc(CN2C(=O)c3c(c4c5ccccc5[nH]c4c4[nH]c5ccccc5c34)C2O)cc1.COc1ccc(CN2Cc3c(c4c5ccccc5[nH]c4c4[nH]c5ccccc5c34)C2=O)cc1. The average Bonchev–Trinajstić information content (AvgIpc) is 4.22. The molecule has 0 saturated carbocycles. The fourth-order valence-corrected chi connectivity index (χ4v) is 10.8. The Kier molecular flexibility index (Phi) is 9.35. The summed E-state index contributed by atoms with van der Waals surface area (Å²) in [4.78, 5) is 45.6. The number of ether oxygens (including phenoxy) is 2. The number of rotatable bonds is 6. The lowest BCUT2D eigenvalue weighted by molar-refractivity contribution is 0.0144. The number of fused-ring (bicyclic) bond motifs is 20. The smallest absolute Gasteiger partial charge is 0.257 e. The number of aliphatic hydroxyl groups is 1. The van der Waals surface area contributed by atoms with Crippen LogP contribution in [0.2, 0.25) is 0 Å². The van der Waals surface area contributed by atoms with Gasteiger partial charge in [0.1, 0.15) is 11.5 Å². The molecular formula is C57H46N6O5. The summed E-state index contributed by atoms with van der Waals surface area (Å²) in [7, 11) is 3.28. The van der Waals surface area contributed by atoms with E-state index in [1.165, 1.54) is 0 Å². The van der Waals surface area contributed by atoms with Crippen molar-refractivity contribution in [2.75, 3.05) is 14.2 Å². The molecule has 0 radical (unpaired) electrons. The van der Waals surface area contributed by atoms with Gasteiger partial charge >= 0.3 is 0 Å². The van der Waals surface area contributed by atoms with E-state index >= 15 is 0 Å². The predicted octanol–water partition coefficient (Wildman–Crippen LogP) is 12.4. The van der Waals surface area contributed by atoms with Crippen LogP contribution in [-0.4, -0.2) is 60.9 Å². The van der Waals surface area contributed by atoms with Gasteiger partial charge in [-0.3, -0.25) is 9.59 Å². The predicted molar refractivity (Wildman–Crippen MR) is 271 cm³/mol. The van der Waals surface area contributed by atoms with E-state index in [9.17, 15) is 14.7 Å². The number of hydrogen-bond donors (Lipinski definition) is 5. The van der Waals surface area contributed by atoms with Crippen LogP contribution >= 0.6 is 0 Å². The standard InChI is InChI=1S/C28H21N3O3.C28H21N3O2.CH4/c1-34-16-12-10-15(11-13-16)14-31-27(32)23-21-17-6-2-4-8-19(17)29-25(21)26-22(24(23)28(31)33)18-7-3-5-9-20(18)30-26;1-33-17-12-10-16(11-13-17)14-31-15-20-23-18-6-2-4-8-21(18)29-26(23)27-24(25(20)28(31)32)19-7-3-5-9-22(19)30-27;/h2-13,27,29-30,32H,14H2,1H3;2-13,29-30H,14-15H2,1H3;1H4. The van der Waals surface area contributed by atoms with Crippen LogP contribution in [0.4, 0.5) is 0 Å². The number of hydrogen-bond acceptors (Lipinski definition) is 5. The van der Waals surface area contributed by atoms with Crippen LogP contribution in [0.25, 0.3) is 87.2 Å². The Balaban J connectivity index is 0.000000139. The number of methoxy groups -OCH3 is 2. The maximum Gasteiger partial charge on any atom is 0.257 e. The molecule has 0 saturated heterocycles. The molecule has 0 aliphatic carbocycles. The first kappa shape index (κ1) is 40.9. The van der Waals surface area contributed by atoms with Gasteiger partial charge in [-0.05, 0) is 65.2 Å². The van der Waals surface area contributed by atoms with Gasteiger partial charge in [-0.15, -0.1) is 0 Å². The number of aromatic nitrogens is 4. The highest BCUT2D eigenvalue weighted by atomic mass is 16.5. The van der Waals surface area contributed by atoms with Gasteiger partial charge in [-0.25, -0.2) is 0 Å². The topological polar surface area (TPSA) is 142 Å². The molecule has 6 heterocycles. The molecule has 5 N–H and O–H groups in total. The summed E-state index contributed by atoms with van der Waals surface area (Å²) in [5.41, 5.74) is 13.1. The third-order valence-corrected chi connectivity index (χ3v) is 13.9. The van der Waals surface area contributed by atoms with Crippen molar-refractivity contribution in [2.24, 2.45) is 0 Å². The summed E-state index contributed by atoms with van der Waals surface area (Å²) in [5.74, 6) is 1.49. The zero-order valence-corrected chi connectivity index (χ0v) is 36.5. The van der Waals surface area contributed by atoms with Crippen molar-refractivity contribution in [2.45, 2.75) is 33.3 Å². The Morgan fingerprint density at radius 3 is 1.38 bits per heavy atom. The Morgan fingerprint density at radius 2 is 0.897 bits per heavy atom. The van der Waals surface area contributed by atoms with E-state index in [1.54, 1.807) is 19.1 Å². The molecule has 0 fully saturated rings. The molecule has 68 heavy (non-hydrogen) atoms. The number of nitrogens with one attached hydrogen (secondary N) is 4. The lowest BCUT2D eigenvalue weighted by Gasteiger charge is -2.21. The molecule has 4 aromatic heterocycles. The summed E-state index contributed by atoms with van der Waals surface area (Å²) < 4.78 is 10.5. The Morgan fingerprint density at radius 1 is 0.500 bits per heavy atom. The molecule has 11 heteroatoms. The van der Waals surface area contributed by atoms with Crippen LogP contribution in [0.5, 0.6) is 11.5 Å². The number of H-pyrrole nitrogens is 4. The molecule has 334 valence electrons. The first-order valence-corrected chi connectivity index (χ1v) is 22.3. The molecule has 0 bridgehead atoms. The first-order chi connectivity index (χ1) is 32.9. The summed E-state index contributed by atoms with van der Waals surface area (Å²) >= 11 is 0. The van der Waals surface area contributed by atoms with Crippen molar-refractivity contribution in [1.82, 2.24) is 29.7 Å². The number of carbonyl (C=O) groups excluding carboxylic acids is 2. The molecule has 11 nitrogen and oxygen atoms in total. The van der Waals surface area contributed by atoms with Crippen LogP contribution in [0.3, 0.4) is 0 Å². The zero-order valence-electron chi connectivity index (χ0n) is 36.5. The number of para-hydroxylation sites is 4. The van der Waals surface area contributed by atoms with E-state index in [0.29, 0.717) is 30.8 Å². The quantitative estimate of drug-likeness (QED) is 0.113. The largest absolute Gasteiger partial charge is 0.497 e. The number of carbonyl (C=O) groups is 2. The monoisotopic (exact) mass is 894 g/mol. The van der Waals surface area contributed by atoms with Crippen molar-refractivity contribution in [3.05, 3.63) is 179 Å². The van der Waals surface area contributed by atoms with Gasteiger partial charge < -0.3 is 44.3 Å². The van der Waals surface area contributed by atoms with Gasteiger partial charge in [0.15, 0.2) is 6.23 Å². The maximum atomic E-state index is 13.9. The van der Waals surface area contributed by atoms with E-state index in [1.807, 2.05) is 120 Å². The van der Waals surface area contributed by atoms with Gasteiger partial charge in [-0.1, -0.05) is 104 Å². The van der Waals surface area contributed by atoms with Crippen LogP contribution in [0, 0.1) is 0 Å². The van der Waals surface area contributed by atoms with Gasteiger partial charge in [-0.2, -0.15) is 0 Å². The second kappa shape index (κ2) is 15.5. The number of aliphatic hydroxyl groups excluding tert-OH is 1. The van der Waals surface area contributed by atoms with Crippen LogP contribution < -0.4 is 9.47 Å². The van der Waals surface area contributed by atoms with Gasteiger partial charge in [0.2, 0.25) is 0 Å². The van der Waals surface area contributed by atoms with Crippen LogP contribution in [0.1, 0.15) is 56.6 Å². The highest BCUT2D eigenvalue weighted by Crippen LogP contribution is 2.48. The Hall–Kier alpha value is -8.54. The highest BCUT2D eigenvalue weighted by Gasteiger charge is 2.41. The normalized spacial score (nSPS) is 14.5.